The molecule has 0 saturated carbocycles. The van der Waals surface area contributed by atoms with Gasteiger partial charge in [-0.25, -0.2) is 8.42 Å². The molecule has 0 aromatic heterocycles. The first kappa shape index (κ1) is 23.4. The van der Waals surface area contributed by atoms with Gasteiger partial charge >= 0.3 is 0 Å². The lowest BCUT2D eigenvalue weighted by Gasteiger charge is -2.26. The number of fused-ring (bicyclic) bond motifs is 1. The Morgan fingerprint density at radius 3 is 2.52 bits per heavy atom. The highest BCUT2D eigenvalue weighted by atomic mass is 35.5. The number of aryl methyl sites for hydroxylation is 2. The number of benzene rings is 2. The molecule has 6 nitrogen and oxygen atoms in total. The Hall–Kier alpha value is -2.25. The van der Waals surface area contributed by atoms with Gasteiger partial charge in [0, 0.05) is 5.02 Å². The first-order valence-corrected chi connectivity index (χ1v) is 12.7. The van der Waals surface area contributed by atoms with E-state index in [2.05, 4.69) is 23.5 Å². The zero-order valence-electron chi connectivity index (χ0n) is 18.2. The Bertz CT molecular complexity index is 1060. The molecule has 3 rings (SSSR count). The first-order chi connectivity index (χ1) is 14.7. The molecule has 0 fully saturated rings. The summed E-state index contributed by atoms with van der Waals surface area (Å²) in [7, 11) is -2.31. The molecule has 31 heavy (non-hydrogen) atoms. The van der Waals surface area contributed by atoms with Crippen LogP contribution in [0.5, 0.6) is 5.75 Å². The van der Waals surface area contributed by atoms with Crippen LogP contribution in [0.25, 0.3) is 0 Å². The summed E-state index contributed by atoms with van der Waals surface area (Å²) in [5.74, 6) is -0.0682. The molecule has 0 radical (unpaired) electrons. The number of sulfonamides is 1. The van der Waals surface area contributed by atoms with Crippen molar-refractivity contribution in [3.05, 3.63) is 58.1 Å². The van der Waals surface area contributed by atoms with E-state index < -0.39 is 15.9 Å². The van der Waals surface area contributed by atoms with E-state index in [1.165, 1.54) is 37.1 Å². The molecule has 1 amide bonds. The zero-order chi connectivity index (χ0) is 22.6. The lowest BCUT2D eigenvalue weighted by atomic mass is 9.89. The third kappa shape index (κ3) is 5.71. The number of ether oxygens (including phenoxy) is 1. The number of amides is 1. The van der Waals surface area contributed by atoms with Gasteiger partial charge in [-0.15, -0.1) is 0 Å². The second-order valence-corrected chi connectivity index (χ2v) is 10.2. The minimum absolute atomic E-state index is 0.192. The summed E-state index contributed by atoms with van der Waals surface area (Å²) < 4.78 is 31.3. The lowest BCUT2D eigenvalue weighted by Crippen LogP contribution is -2.41. The van der Waals surface area contributed by atoms with Crippen molar-refractivity contribution < 1.29 is 17.9 Å². The second-order valence-electron chi connectivity index (χ2n) is 7.85. The Kier molecular flexibility index (Phi) is 7.49. The number of hydrogen-bond donors (Lipinski definition) is 1. The molecule has 2 aromatic rings. The van der Waals surface area contributed by atoms with E-state index in [1.807, 2.05) is 6.92 Å². The average molecular weight is 465 g/mol. The Labute approximate surface area is 189 Å². The molecule has 0 bridgehead atoms. The van der Waals surface area contributed by atoms with E-state index in [-0.39, 0.29) is 18.3 Å². The van der Waals surface area contributed by atoms with Crippen LogP contribution in [0, 0.1) is 0 Å². The SMILES string of the molecule is CC[C@@H](NC(=O)CN(c1cc(Cl)ccc1OC)S(C)(=O)=O)c1ccc2c(c1)CCCC2. The van der Waals surface area contributed by atoms with E-state index in [0.717, 1.165) is 29.0 Å². The van der Waals surface area contributed by atoms with Crippen LogP contribution in [0.15, 0.2) is 36.4 Å². The van der Waals surface area contributed by atoms with E-state index in [1.54, 1.807) is 12.1 Å². The third-order valence-electron chi connectivity index (χ3n) is 5.62. The molecule has 168 valence electrons. The fraction of sp³-hybridized carbons (Fsp3) is 0.435. The van der Waals surface area contributed by atoms with Crippen LogP contribution in [0.2, 0.25) is 5.02 Å². The highest BCUT2D eigenvalue weighted by Gasteiger charge is 2.25. The maximum absolute atomic E-state index is 12.9. The molecule has 1 aliphatic carbocycles. The van der Waals surface area contributed by atoms with E-state index in [0.29, 0.717) is 17.2 Å². The highest BCUT2D eigenvalue weighted by molar-refractivity contribution is 7.92. The number of rotatable bonds is 8. The standard InChI is InChI=1S/C23H29ClN2O4S/c1-4-20(18-10-9-16-7-5-6-8-17(16)13-18)25-23(27)15-26(31(3,28)29)21-14-19(24)11-12-22(21)30-2/h9-14,20H,4-8,15H2,1-3H3,(H,25,27)/t20-/m1/s1. The van der Waals surface area contributed by atoms with Crippen molar-refractivity contribution >= 4 is 33.2 Å². The van der Waals surface area contributed by atoms with Gasteiger partial charge in [0.2, 0.25) is 15.9 Å². The lowest BCUT2D eigenvalue weighted by molar-refractivity contribution is -0.120. The molecule has 8 heteroatoms. The van der Waals surface area contributed by atoms with Crippen molar-refractivity contribution in [1.82, 2.24) is 5.32 Å². The average Bonchev–Trinajstić information content (AvgIpc) is 2.74. The summed E-state index contributed by atoms with van der Waals surface area (Å²) in [5.41, 5.74) is 4.00. The van der Waals surface area contributed by atoms with Gasteiger partial charge in [-0.1, -0.05) is 36.7 Å². The third-order valence-corrected chi connectivity index (χ3v) is 6.98. The van der Waals surface area contributed by atoms with Crippen LogP contribution in [0.1, 0.15) is 48.9 Å². The summed E-state index contributed by atoms with van der Waals surface area (Å²) in [4.78, 5) is 12.9. The van der Waals surface area contributed by atoms with Crippen molar-refractivity contribution in [2.75, 3.05) is 24.2 Å². The quantitative estimate of drug-likeness (QED) is 0.633. The normalized spacial score (nSPS) is 14.5. The van der Waals surface area contributed by atoms with Gasteiger partial charge in [0.05, 0.1) is 25.1 Å². The molecule has 0 heterocycles. The fourth-order valence-corrected chi connectivity index (χ4v) is 5.02. The van der Waals surface area contributed by atoms with Crippen molar-refractivity contribution in [2.45, 2.75) is 45.1 Å². The zero-order valence-corrected chi connectivity index (χ0v) is 19.7. The van der Waals surface area contributed by atoms with Crippen molar-refractivity contribution in [1.29, 1.82) is 0 Å². The molecule has 0 unspecified atom stereocenters. The predicted molar refractivity (Wildman–Crippen MR) is 124 cm³/mol. The molecule has 2 aromatic carbocycles. The van der Waals surface area contributed by atoms with E-state index in [9.17, 15) is 13.2 Å². The minimum atomic E-state index is -3.75. The smallest absolute Gasteiger partial charge is 0.241 e. The van der Waals surface area contributed by atoms with E-state index >= 15 is 0 Å². The summed E-state index contributed by atoms with van der Waals surface area (Å²) in [6.07, 6.45) is 6.32. The number of carbonyl (C=O) groups is 1. The van der Waals surface area contributed by atoms with Gasteiger partial charge in [-0.2, -0.15) is 0 Å². The highest BCUT2D eigenvalue weighted by Crippen LogP contribution is 2.33. The number of nitrogens with one attached hydrogen (secondary N) is 1. The Morgan fingerprint density at radius 1 is 1.16 bits per heavy atom. The molecule has 0 aliphatic heterocycles. The summed E-state index contributed by atoms with van der Waals surface area (Å²) >= 11 is 6.07. The molecule has 1 atom stereocenters. The Balaban J connectivity index is 1.81. The van der Waals surface area contributed by atoms with E-state index in [4.69, 9.17) is 16.3 Å². The molecular formula is C23H29ClN2O4S. The van der Waals surface area contributed by atoms with Crippen LogP contribution in [-0.2, 0) is 27.7 Å². The van der Waals surface area contributed by atoms with Gasteiger partial charge in [-0.3, -0.25) is 9.10 Å². The molecule has 1 aliphatic rings. The molecule has 1 N–H and O–H groups in total. The molecule has 0 spiro atoms. The maximum Gasteiger partial charge on any atom is 0.241 e. The maximum atomic E-state index is 12.9. The van der Waals surface area contributed by atoms with Gasteiger partial charge < -0.3 is 10.1 Å². The second kappa shape index (κ2) is 9.92. The number of halogens is 1. The van der Waals surface area contributed by atoms with Crippen LogP contribution in [0.4, 0.5) is 5.69 Å². The van der Waals surface area contributed by atoms with Crippen LogP contribution in [-0.4, -0.2) is 34.2 Å². The topological polar surface area (TPSA) is 75.7 Å². The first-order valence-electron chi connectivity index (χ1n) is 10.4. The number of anilines is 1. The number of carbonyl (C=O) groups excluding carboxylic acids is 1. The number of methoxy groups -OCH3 is 1. The van der Waals surface area contributed by atoms with Crippen LogP contribution >= 0.6 is 11.6 Å². The van der Waals surface area contributed by atoms with Crippen LogP contribution in [0.3, 0.4) is 0 Å². The monoisotopic (exact) mass is 464 g/mol. The minimum Gasteiger partial charge on any atom is -0.495 e. The fourth-order valence-electron chi connectivity index (χ4n) is 4.00. The van der Waals surface area contributed by atoms with Crippen molar-refractivity contribution in [2.24, 2.45) is 0 Å². The largest absolute Gasteiger partial charge is 0.495 e. The van der Waals surface area contributed by atoms with Crippen molar-refractivity contribution in [3.63, 3.8) is 0 Å². The van der Waals surface area contributed by atoms with Crippen molar-refractivity contribution in [3.8, 4) is 5.75 Å². The van der Waals surface area contributed by atoms with Gasteiger partial charge in [0.1, 0.15) is 12.3 Å². The molecule has 0 saturated heterocycles. The van der Waals surface area contributed by atoms with Gasteiger partial charge in [-0.05, 0) is 67.0 Å². The summed E-state index contributed by atoms with van der Waals surface area (Å²) in [6, 6.07) is 10.9. The van der Waals surface area contributed by atoms with Gasteiger partial charge in [0.25, 0.3) is 0 Å². The Morgan fingerprint density at radius 2 is 1.87 bits per heavy atom. The predicted octanol–water partition coefficient (Wildman–Crippen LogP) is 4.26. The molecular weight excluding hydrogens is 436 g/mol. The summed E-state index contributed by atoms with van der Waals surface area (Å²) in [6.45, 7) is 1.63. The number of hydrogen-bond acceptors (Lipinski definition) is 4. The van der Waals surface area contributed by atoms with Crippen LogP contribution < -0.4 is 14.4 Å². The van der Waals surface area contributed by atoms with Gasteiger partial charge in [0.15, 0.2) is 0 Å². The summed E-state index contributed by atoms with van der Waals surface area (Å²) in [5, 5.41) is 3.35. The number of nitrogens with zero attached hydrogens (tertiary/aromatic N) is 1.